The van der Waals surface area contributed by atoms with Crippen molar-refractivity contribution in [3.8, 4) is 0 Å². The number of H-pyrrole nitrogens is 2. The number of rotatable bonds is 0. The van der Waals surface area contributed by atoms with E-state index in [9.17, 15) is 13.6 Å². The van der Waals surface area contributed by atoms with Crippen LogP contribution in [0.25, 0.3) is 6.08 Å². The number of carbonyl (C=O) groups is 1. The molecule has 0 radical (unpaired) electrons. The molecular formula is C77H138F2N10O4. The topological polar surface area (TPSA) is 177 Å². The van der Waals surface area contributed by atoms with Gasteiger partial charge in [0.15, 0.2) is 0 Å². The maximum atomic E-state index is 11.4. The lowest BCUT2D eigenvalue weighted by Gasteiger charge is -2.08. The molecule has 2 amide bonds. The molecule has 1 saturated heterocycles. The van der Waals surface area contributed by atoms with Crippen molar-refractivity contribution in [3.63, 3.8) is 0 Å². The maximum Gasteiger partial charge on any atom is 0.585 e. The number of nitrogens with one attached hydrogen (secondary N) is 5. The molecule has 2 aromatic carbocycles. The molecule has 14 nitrogen and oxygen atoms in total. The molecular weight excluding hydrogens is 1170 g/mol. The fourth-order valence-electron chi connectivity index (χ4n) is 6.46. The Kier molecular flexibility index (Phi) is 116. The summed E-state index contributed by atoms with van der Waals surface area (Å²) in [7, 11) is 0. The van der Waals surface area contributed by atoms with E-state index >= 15 is 0 Å². The number of amides is 2. The molecule has 534 valence electrons. The smallest absolute Gasteiger partial charge is 0.502 e. The summed E-state index contributed by atoms with van der Waals surface area (Å²) in [5.74, 6) is 0. The van der Waals surface area contributed by atoms with Crippen LogP contribution in [0.3, 0.4) is 0 Å². The number of urea groups is 1. The number of carbonyl (C=O) groups excluding carboxylic acids is 1. The minimum Gasteiger partial charge on any atom is -0.502 e. The highest BCUT2D eigenvalue weighted by molar-refractivity contribution is 5.75. The van der Waals surface area contributed by atoms with E-state index in [1.165, 1.54) is 113 Å². The standard InChI is InChI=1S/C9H8.C8H11N.C6H12.C6H6.C5H5N.C5H8O.C4H4N2.C4H7N.C3H2F2O2.C3H6N2O.C2H3N3.11C2H6/c1-2-5-9-7-3-6-8(9)4-1;1-2-4-8-7(3-1)5-6-9-8;4*1-2-4-6-5-3-1;1-2-6-4-3-5-1;1-2-4-5-3-1;4-3(5)6-1-2-7-3;6-3-4-1-2-5-3;1-3-2-5-4-1;11*1-2/h1-6H,7H2;5-6,9H,1-4H2;1-6H2;1-6H;1-5H;2,4H,1,3,5H2;1-4H;1,3,5H,2,4H2;1-2H;1-2H2,(H2,4,5,6);1-2H,(H,3,4,5);11*1-2H3. The average molecular weight is 1310 g/mol. The number of aryl methyl sites for hydroxylation is 2. The highest BCUT2D eigenvalue weighted by Crippen LogP contribution is 2.22. The SMILES string of the molecule is C1=CNCC1.C1=COCCC1.C1=Cc2ccccc2C1.C1CCCCC1.CC.CC.CC.CC.CC.CC.CC.CC.CC.CC.CC.FC1(F)OC=CO1.O=C1NCCN1.c1cc2c([nH]1)CCCC2.c1ccccc1.c1ccncc1.c1cnccn1.c1nc[nH]n1. The van der Waals surface area contributed by atoms with Crippen LogP contribution >= 0.6 is 0 Å². The van der Waals surface area contributed by atoms with Crippen LogP contribution in [0, 0.1) is 0 Å². The van der Waals surface area contributed by atoms with E-state index in [1.807, 2.05) is 219 Å². The largest absolute Gasteiger partial charge is 0.585 e. The first-order valence-electron chi connectivity index (χ1n) is 35.3. The third kappa shape index (κ3) is 84.4. The van der Waals surface area contributed by atoms with Crippen molar-refractivity contribution in [2.24, 2.45) is 0 Å². The lowest BCUT2D eigenvalue weighted by atomic mass is 9.98. The zero-order valence-electron chi connectivity index (χ0n) is 62.8. The van der Waals surface area contributed by atoms with Gasteiger partial charge in [-0.25, -0.2) is 9.78 Å². The molecule has 16 heteroatoms. The van der Waals surface area contributed by atoms with Crippen molar-refractivity contribution in [2.75, 3.05) is 26.2 Å². The van der Waals surface area contributed by atoms with Crippen LogP contribution in [0.1, 0.15) is 245 Å². The fraction of sp³-hybridized carbons (Fsp3) is 0.532. The Morgan fingerprint density at radius 3 is 1.19 bits per heavy atom. The number of hydrogen-bond donors (Lipinski definition) is 5. The molecule has 2 fully saturated rings. The molecule has 0 bridgehead atoms. The molecule has 0 spiro atoms. The summed E-state index contributed by atoms with van der Waals surface area (Å²) in [6, 6.07) is 28.4. The molecule has 6 aromatic rings. The van der Waals surface area contributed by atoms with Crippen molar-refractivity contribution in [3.05, 3.63) is 207 Å². The number of fused-ring (bicyclic) bond motifs is 2. The number of aromatic nitrogens is 7. The summed E-state index contributed by atoms with van der Waals surface area (Å²) in [4.78, 5) is 28.1. The van der Waals surface area contributed by atoms with Gasteiger partial charge in [0.05, 0.1) is 12.9 Å². The highest BCUT2D eigenvalue weighted by Gasteiger charge is 2.35. The van der Waals surface area contributed by atoms with E-state index in [-0.39, 0.29) is 6.03 Å². The van der Waals surface area contributed by atoms with Gasteiger partial charge in [0, 0.05) is 68.7 Å². The quantitative estimate of drug-likeness (QED) is 0.0984. The first kappa shape index (κ1) is 104. The number of alkyl halides is 2. The van der Waals surface area contributed by atoms with Crippen LogP contribution in [-0.2, 0) is 33.5 Å². The molecule has 93 heavy (non-hydrogen) atoms. The highest BCUT2D eigenvalue weighted by atomic mass is 19.3. The lowest BCUT2D eigenvalue weighted by Crippen LogP contribution is -2.20. The van der Waals surface area contributed by atoms with Crippen molar-refractivity contribution >= 4 is 12.1 Å². The molecule has 4 aromatic heterocycles. The van der Waals surface area contributed by atoms with Gasteiger partial charge in [0.2, 0.25) is 0 Å². The minimum absolute atomic E-state index is 0.0463. The fourth-order valence-corrected chi connectivity index (χ4v) is 6.46. The molecule has 5 N–H and O–H groups in total. The molecule has 4 aliphatic heterocycles. The Morgan fingerprint density at radius 2 is 0.925 bits per heavy atom. The van der Waals surface area contributed by atoms with E-state index in [2.05, 4.69) is 115 Å². The van der Waals surface area contributed by atoms with E-state index in [0.29, 0.717) is 0 Å². The van der Waals surface area contributed by atoms with Crippen LogP contribution in [0.5, 0.6) is 0 Å². The predicted molar refractivity (Wildman–Crippen MR) is 402 cm³/mol. The van der Waals surface area contributed by atoms with Gasteiger partial charge in [0.25, 0.3) is 0 Å². The molecule has 8 heterocycles. The summed E-state index contributed by atoms with van der Waals surface area (Å²) < 4.78 is 35.0. The van der Waals surface area contributed by atoms with Crippen molar-refractivity contribution in [1.29, 1.82) is 0 Å². The third-order valence-corrected chi connectivity index (χ3v) is 9.96. The van der Waals surface area contributed by atoms with E-state index < -0.39 is 6.29 Å². The number of hydrogen-bond acceptors (Lipinski definition) is 10. The second kappa shape index (κ2) is 103. The first-order valence-corrected chi connectivity index (χ1v) is 35.3. The van der Waals surface area contributed by atoms with Crippen molar-refractivity contribution in [1.82, 2.24) is 51.1 Å². The molecule has 0 atom stereocenters. The van der Waals surface area contributed by atoms with Crippen LogP contribution in [0.2, 0.25) is 0 Å². The van der Waals surface area contributed by atoms with Gasteiger partial charge in [-0.2, -0.15) is 5.10 Å². The summed E-state index contributed by atoms with van der Waals surface area (Å²) in [6.07, 6.45) is 44.6. The van der Waals surface area contributed by atoms with Crippen LogP contribution < -0.4 is 16.0 Å². The summed E-state index contributed by atoms with van der Waals surface area (Å²) >= 11 is 0. The van der Waals surface area contributed by atoms with E-state index in [0.717, 1.165) is 45.2 Å². The summed E-state index contributed by atoms with van der Waals surface area (Å²) in [5, 5.41) is 14.2. The normalized spacial score (nSPS) is 12.6. The average Bonchev–Trinajstić information content (AvgIpc) is 2.54. The predicted octanol–water partition coefficient (Wildman–Crippen LogP) is 23.0. The maximum absolute atomic E-state index is 11.4. The summed E-state index contributed by atoms with van der Waals surface area (Å²) in [5.41, 5.74) is 5.86. The van der Waals surface area contributed by atoms with Gasteiger partial charge in [-0.1, -0.05) is 276 Å². The molecule has 1 saturated carbocycles. The van der Waals surface area contributed by atoms with Gasteiger partial charge in [-0.05, 0) is 98.5 Å². The zero-order chi connectivity index (χ0) is 72.2. The number of ether oxygens (including phenoxy) is 3. The van der Waals surface area contributed by atoms with Crippen molar-refractivity contribution in [2.45, 2.75) is 249 Å². The molecule has 13 rings (SSSR count). The summed E-state index contributed by atoms with van der Waals surface area (Å²) in [6.45, 7) is 47.6. The Morgan fingerprint density at radius 1 is 0.452 bits per heavy atom. The number of halogens is 2. The number of nitrogens with zero attached hydrogens (tertiary/aromatic N) is 5. The van der Waals surface area contributed by atoms with Crippen LogP contribution in [0.15, 0.2) is 184 Å². The van der Waals surface area contributed by atoms with Crippen LogP contribution in [-0.4, -0.2) is 73.7 Å². The van der Waals surface area contributed by atoms with Gasteiger partial charge in [-0.15, -0.1) is 8.78 Å². The first-order chi connectivity index (χ1) is 46.0. The van der Waals surface area contributed by atoms with Gasteiger partial charge < -0.3 is 35.1 Å². The zero-order valence-corrected chi connectivity index (χ0v) is 62.8. The number of pyridine rings is 1. The van der Waals surface area contributed by atoms with E-state index in [4.69, 9.17) is 4.74 Å². The second-order valence-electron chi connectivity index (χ2n) is 15.5. The van der Waals surface area contributed by atoms with E-state index in [1.54, 1.807) is 49.0 Å². The number of aromatic amines is 2. The third-order valence-electron chi connectivity index (χ3n) is 9.96. The minimum atomic E-state index is -3.42. The molecule has 3 aliphatic carbocycles. The van der Waals surface area contributed by atoms with Crippen LogP contribution in [0.4, 0.5) is 13.6 Å². The second-order valence-corrected chi connectivity index (χ2v) is 15.5. The van der Waals surface area contributed by atoms with Crippen molar-refractivity contribution < 1.29 is 27.8 Å². The number of benzene rings is 2. The Labute approximate surface area is 569 Å². The Balaban J connectivity index is -0.000000116. The Hall–Kier alpha value is -7.62. The lowest BCUT2D eigenvalue weighted by molar-refractivity contribution is -0.329. The van der Waals surface area contributed by atoms with Gasteiger partial charge in [0.1, 0.15) is 25.2 Å². The van der Waals surface area contributed by atoms with Gasteiger partial charge >= 0.3 is 12.3 Å². The molecule has 7 aliphatic rings. The number of allylic oxidation sites excluding steroid dienone is 2. The monoisotopic (exact) mass is 1310 g/mol. The molecule has 0 unspecified atom stereocenters. The van der Waals surface area contributed by atoms with Gasteiger partial charge in [-0.3, -0.25) is 20.1 Å². The Bertz CT molecular complexity index is 1980.